The summed E-state index contributed by atoms with van der Waals surface area (Å²) < 4.78 is 64.8. The van der Waals surface area contributed by atoms with Crippen LogP contribution in [0.4, 0.5) is 17.6 Å². The highest BCUT2D eigenvalue weighted by Gasteiger charge is 2.16. The van der Waals surface area contributed by atoms with E-state index in [4.69, 9.17) is 4.74 Å². The van der Waals surface area contributed by atoms with E-state index in [0.717, 1.165) is 12.1 Å². The zero-order chi connectivity index (χ0) is 20.7. The van der Waals surface area contributed by atoms with Gasteiger partial charge >= 0.3 is 12.6 Å². The molecule has 6 nitrogen and oxygen atoms in total. The predicted molar refractivity (Wildman–Crippen MR) is 88.1 cm³/mol. The molecule has 0 atom stereocenters. The number of alkyl halides is 2. The standard InChI is InChI=1S/C18H15F4NO5/c1-26-15-6-10(2-5-14(15)28-18(21)22)8-23-16(24)9-27-17(25)12-4-3-11(19)7-13(12)20/h2-7,18H,8-9H2,1H3,(H,23,24). The van der Waals surface area contributed by atoms with Gasteiger partial charge < -0.3 is 19.5 Å². The Hall–Kier alpha value is -3.30. The molecule has 0 spiro atoms. The Morgan fingerprint density at radius 2 is 1.82 bits per heavy atom. The third-order valence-corrected chi connectivity index (χ3v) is 3.42. The van der Waals surface area contributed by atoms with Crippen LogP contribution in [0.2, 0.25) is 0 Å². The maximum Gasteiger partial charge on any atom is 0.387 e. The first kappa shape index (κ1) is 21.0. The predicted octanol–water partition coefficient (Wildman–Crippen LogP) is 3.05. The van der Waals surface area contributed by atoms with Gasteiger partial charge in [-0.1, -0.05) is 6.07 Å². The lowest BCUT2D eigenvalue weighted by Crippen LogP contribution is -2.28. The van der Waals surface area contributed by atoms with E-state index in [2.05, 4.69) is 14.8 Å². The third kappa shape index (κ3) is 5.86. The van der Waals surface area contributed by atoms with E-state index in [0.29, 0.717) is 11.6 Å². The van der Waals surface area contributed by atoms with Gasteiger partial charge in [0, 0.05) is 12.6 Å². The number of hydrogen-bond acceptors (Lipinski definition) is 5. The molecule has 0 saturated carbocycles. The fraction of sp³-hybridized carbons (Fsp3) is 0.222. The second-order valence-electron chi connectivity index (χ2n) is 5.34. The molecular weight excluding hydrogens is 386 g/mol. The van der Waals surface area contributed by atoms with Gasteiger partial charge in [-0.25, -0.2) is 13.6 Å². The summed E-state index contributed by atoms with van der Waals surface area (Å²) in [4.78, 5) is 23.5. The van der Waals surface area contributed by atoms with Crippen LogP contribution in [0.1, 0.15) is 15.9 Å². The van der Waals surface area contributed by atoms with Crippen LogP contribution in [0, 0.1) is 11.6 Å². The molecule has 2 rings (SSSR count). The van der Waals surface area contributed by atoms with Crippen molar-refractivity contribution in [3.63, 3.8) is 0 Å². The molecule has 10 heteroatoms. The minimum Gasteiger partial charge on any atom is -0.493 e. The van der Waals surface area contributed by atoms with Crippen molar-refractivity contribution in [3.8, 4) is 11.5 Å². The van der Waals surface area contributed by atoms with E-state index in [1.807, 2.05) is 0 Å². The molecule has 1 N–H and O–H groups in total. The highest BCUT2D eigenvalue weighted by atomic mass is 19.3. The second kappa shape index (κ2) is 9.58. The number of methoxy groups -OCH3 is 1. The summed E-state index contributed by atoms with van der Waals surface area (Å²) in [6, 6.07) is 6.38. The van der Waals surface area contributed by atoms with E-state index in [-0.39, 0.29) is 18.0 Å². The number of carbonyl (C=O) groups excluding carboxylic acids is 2. The lowest BCUT2D eigenvalue weighted by Gasteiger charge is -2.12. The molecule has 0 saturated heterocycles. The van der Waals surface area contributed by atoms with Gasteiger partial charge in [0.25, 0.3) is 5.91 Å². The summed E-state index contributed by atoms with van der Waals surface area (Å²) in [6.45, 7) is -3.73. The Bertz CT molecular complexity index is 860. The van der Waals surface area contributed by atoms with Gasteiger partial charge in [0.2, 0.25) is 0 Å². The fourth-order valence-corrected chi connectivity index (χ4v) is 2.13. The molecule has 0 aromatic heterocycles. The zero-order valence-corrected chi connectivity index (χ0v) is 14.5. The van der Waals surface area contributed by atoms with Crippen molar-refractivity contribution in [2.75, 3.05) is 13.7 Å². The van der Waals surface area contributed by atoms with Crippen LogP contribution in [0.25, 0.3) is 0 Å². The summed E-state index contributed by atoms with van der Waals surface area (Å²) >= 11 is 0. The third-order valence-electron chi connectivity index (χ3n) is 3.42. The topological polar surface area (TPSA) is 73.9 Å². The molecule has 150 valence electrons. The Morgan fingerprint density at radius 1 is 1.07 bits per heavy atom. The van der Waals surface area contributed by atoms with E-state index in [1.54, 1.807) is 0 Å². The first-order valence-electron chi connectivity index (χ1n) is 7.80. The molecule has 0 bridgehead atoms. The molecule has 0 aliphatic carbocycles. The average Bonchev–Trinajstić information content (AvgIpc) is 2.64. The molecular formula is C18H15F4NO5. The van der Waals surface area contributed by atoms with Crippen molar-refractivity contribution in [1.82, 2.24) is 5.32 Å². The van der Waals surface area contributed by atoms with Gasteiger partial charge in [-0.3, -0.25) is 4.79 Å². The molecule has 0 fully saturated rings. The normalized spacial score (nSPS) is 10.5. The molecule has 0 unspecified atom stereocenters. The van der Waals surface area contributed by atoms with Crippen LogP contribution in [-0.4, -0.2) is 32.2 Å². The highest BCUT2D eigenvalue weighted by molar-refractivity contribution is 5.91. The molecule has 0 heterocycles. The van der Waals surface area contributed by atoms with Crippen LogP contribution >= 0.6 is 0 Å². The van der Waals surface area contributed by atoms with Crippen molar-refractivity contribution in [1.29, 1.82) is 0 Å². The van der Waals surface area contributed by atoms with Crippen molar-refractivity contribution < 1.29 is 41.4 Å². The Balaban J connectivity index is 1.87. The number of ether oxygens (including phenoxy) is 3. The maximum atomic E-state index is 13.5. The lowest BCUT2D eigenvalue weighted by molar-refractivity contribution is -0.124. The fourth-order valence-electron chi connectivity index (χ4n) is 2.13. The van der Waals surface area contributed by atoms with Gasteiger partial charge in [-0.15, -0.1) is 0 Å². The lowest BCUT2D eigenvalue weighted by atomic mass is 10.2. The Labute approximate surface area is 157 Å². The van der Waals surface area contributed by atoms with Crippen LogP contribution in [0.3, 0.4) is 0 Å². The molecule has 0 aliphatic rings. The number of benzene rings is 2. The number of rotatable bonds is 8. The number of amides is 1. The largest absolute Gasteiger partial charge is 0.493 e. The summed E-state index contributed by atoms with van der Waals surface area (Å²) in [7, 11) is 1.27. The monoisotopic (exact) mass is 401 g/mol. The minimum atomic E-state index is -3.01. The van der Waals surface area contributed by atoms with Gasteiger partial charge in [0.05, 0.1) is 12.7 Å². The van der Waals surface area contributed by atoms with Crippen LogP contribution in [0.15, 0.2) is 36.4 Å². The summed E-state index contributed by atoms with van der Waals surface area (Å²) in [5, 5.41) is 2.43. The van der Waals surface area contributed by atoms with E-state index in [9.17, 15) is 27.2 Å². The average molecular weight is 401 g/mol. The Morgan fingerprint density at radius 3 is 2.46 bits per heavy atom. The van der Waals surface area contributed by atoms with E-state index >= 15 is 0 Å². The van der Waals surface area contributed by atoms with Gasteiger partial charge in [0.15, 0.2) is 18.1 Å². The molecule has 2 aromatic rings. The van der Waals surface area contributed by atoms with Crippen molar-refractivity contribution in [2.45, 2.75) is 13.2 Å². The second-order valence-corrected chi connectivity index (χ2v) is 5.34. The molecule has 2 aromatic carbocycles. The summed E-state index contributed by atoms with van der Waals surface area (Å²) in [5.74, 6) is -3.89. The van der Waals surface area contributed by atoms with Crippen LogP contribution in [0.5, 0.6) is 11.5 Å². The van der Waals surface area contributed by atoms with E-state index in [1.165, 1.54) is 25.3 Å². The number of hydrogen-bond donors (Lipinski definition) is 1. The first-order valence-corrected chi connectivity index (χ1v) is 7.80. The summed E-state index contributed by atoms with van der Waals surface area (Å²) in [6.07, 6.45) is 0. The van der Waals surface area contributed by atoms with Crippen molar-refractivity contribution >= 4 is 11.9 Å². The highest BCUT2D eigenvalue weighted by Crippen LogP contribution is 2.29. The summed E-state index contributed by atoms with van der Waals surface area (Å²) in [5.41, 5.74) is -0.00345. The van der Waals surface area contributed by atoms with Gasteiger partial charge in [0.1, 0.15) is 11.6 Å². The number of nitrogens with one attached hydrogen (secondary N) is 1. The number of carbonyl (C=O) groups is 2. The van der Waals surface area contributed by atoms with Gasteiger partial charge in [-0.2, -0.15) is 8.78 Å². The van der Waals surface area contributed by atoms with Crippen LogP contribution < -0.4 is 14.8 Å². The SMILES string of the molecule is COc1cc(CNC(=O)COC(=O)c2ccc(F)cc2F)ccc1OC(F)F. The van der Waals surface area contributed by atoms with Crippen molar-refractivity contribution in [3.05, 3.63) is 59.2 Å². The number of halogens is 4. The Kier molecular flexibility index (Phi) is 7.19. The first-order chi connectivity index (χ1) is 13.3. The minimum absolute atomic E-state index is 0.0212. The zero-order valence-electron chi connectivity index (χ0n) is 14.5. The van der Waals surface area contributed by atoms with Crippen LogP contribution in [-0.2, 0) is 16.1 Å². The molecule has 1 amide bonds. The number of esters is 1. The smallest absolute Gasteiger partial charge is 0.387 e. The quantitative estimate of drug-likeness (QED) is 0.544. The van der Waals surface area contributed by atoms with E-state index < -0.39 is 42.3 Å². The van der Waals surface area contributed by atoms with Gasteiger partial charge in [-0.05, 0) is 29.8 Å². The molecule has 28 heavy (non-hydrogen) atoms. The molecule has 0 radical (unpaired) electrons. The molecule has 0 aliphatic heterocycles. The maximum absolute atomic E-state index is 13.5. The van der Waals surface area contributed by atoms with Crippen molar-refractivity contribution in [2.24, 2.45) is 0 Å².